The fourth-order valence-corrected chi connectivity index (χ4v) is 4.27. The van der Waals surface area contributed by atoms with E-state index in [2.05, 4.69) is 10.3 Å². The number of carbonyl (C=O) groups excluding carboxylic acids is 2. The lowest BCUT2D eigenvalue weighted by Gasteiger charge is -2.38. The van der Waals surface area contributed by atoms with Gasteiger partial charge in [0.25, 0.3) is 5.91 Å². The minimum Gasteiger partial charge on any atom is -0.484 e. The molecule has 1 N–H and O–H groups in total. The average Bonchev–Trinajstić information content (AvgIpc) is 3.36. The second-order valence-corrected chi connectivity index (χ2v) is 8.98. The van der Waals surface area contributed by atoms with Crippen LogP contribution in [-0.2, 0) is 17.8 Å². The van der Waals surface area contributed by atoms with Crippen molar-refractivity contribution >= 4 is 11.8 Å². The first-order valence-electron chi connectivity index (χ1n) is 12.0. The van der Waals surface area contributed by atoms with E-state index in [1.165, 1.54) is 18.4 Å². The van der Waals surface area contributed by atoms with E-state index in [1.54, 1.807) is 12.1 Å². The molecule has 4 rings (SSSR count). The molecule has 0 saturated heterocycles. The predicted molar refractivity (Wildman–Crippen MR) is 132 cm³/mol. The molecule has 0 fully saturated rings. The van der Waals surface area contributed by atoms with E-state index in [0.717, 1.165) is 29.7 Å². The maximum absolute atomic E-state index is 13.6. The van der Waals surface area contributed by atoms with E-state index in [-0.39, 0.29) is 41.9 Å². The minimum absolute atomic E-state index is 0.0393. The molecule has 1 aliphatic rings. The Hall–Kier alpha value is -3.72. The summed E-state index contributed by atoms with van der Waals surface area (Å²) < 4.78 is 24.9. The number of amides is 2. The number of hydrogen-bond donors (Lipinski definition) is 1. The fourth-order valence-electron chi connectivity index (χ4n) is 4.27. The lowest BCUT2D eigenvalue weighted by atomic mass is 9.87. The highest BCUT2D eigenvalue weighted by Crippen LogP contribution is 2.37. The molecule has 0 spiro atoms. The van der Waals surface area contributed by atoms with Crippen molar-refractivity contribution in [2.75, 3.05) is 33.7 Å². The minimum atomic E-state index is -0.329. The molecule has 2 aromatic carbocycles. The van der Waals surface area contributed by atoms with Crippen LogP contribution in [0.5, 0.6) is 5.75 Å². The van der Waals surface area contributed by atoms with Crippen LogP contribution in [0.15, 0.2) is 53.1 Å². The largest absolute Gasteiger partial charge is 0.484 e. The lowest BCUT2D eigenvalue weighted by molar-refractivity contribution is -0.132. The second-order valence-electron chi connectivity index (χ2n) is 8.98. The summed E-state index contributed by atoms with van der Waals surface area (Å²) in [5, 5.41) is 2.79. The Kier molecular flexibility index (Phi) is 8.00. The maximum Gasteiger partial charge on any atom is 0.273 e. The third-order valence-corrected chi connectivity index (χ3v) is 6.15. The quantitative estimate of drug-likeness (QED) is 0.489. The van der Waals surface area contributed by atoms with E-state index in [0.29, 0.717) is 25.3 Å². The zero-order valence-electron chi connectivity index (χ0n) is 20.8. The first kappa shape index (κ1) is 25.4. The normalized spacial score (nSPS) is 15.0. The van der Waals surface area contributed by atoms with Gasteiger partial charge in [0.2, 0.25) is 11.8 Å². The van der Waals surface area contributed by atoms with Crippen molar-refractivity contribution in [1.29, 1.82) is 0 Å². The number of rotatable bonds is 9. The molecule has 2 amide bonds. The van der Waals surface area contributed by atoms with Crippen LogP contribution in [0.25, 0.3) is 0 Å². The van der Waals surface area contributed by atoms with Gasteiger partial charge in [0.05, 0.1) is 6.04 Å². The van der Waals surface area contributed by atoms with Gasteiger partial charge in [-0.3, -0.25) is 9.59 Å². The van der Waals surface area contributed by atoms with Gasteiger partial charge >= 0.3 is 0 Å². The molecule has 1 atom stereocenters. The number of aromatic nitrogens is 1. The van der Waals surface area contributed by atoms with Gasteiger partial charge in [0.1, 0.15) is 17.8 Å². The van der Waals surface area contributed by atoms with Gasteiger partial charge in [-0.05, 0) is 61.5 Å². The van der Waals surface area contributed by atoms with Crippen molar-refractivity contribution in [2.24, 2.45) is 0 Å². The number of likely N-dealkylation sites (N-methyl/N-ethyl adjacent to an activating group) is 1. The Balaban J connectivity index is 1.50. The zero-order valence-corrected chi connectivity index (χ0v) is 20.8. The maximum atomic E-state index is 13.6. The Bertz CT molecular complexity index is 1210. The summed E-state index contributed by atoms with van der Waals surface area (Å²) in [4.78, 5) is 33.0. The molecule has 8 nitrogen and oxygen atoms in total. The summed E-state index contributed by atoms with van der Waals surface area (Å²) in [6.45, 7) is 3.71. The molecule has 0 aliphatic carbocycles. The van der Waals surface area contributed by atoms with Crippen molar-refractivity contribution in [3.05, 3.63) is 82.8 Å². The molecule has 9 heteroatoms. The van der Waals surface area contributed by atoms with E-state index in [1.807, 2.05) is 49.0 Å². The van der Waals surface area contributed by atoms with Crippen LogP contribution in [0.2, 0.25) is 0 Å². The third-order valence-electron chi connectivity index (χ3n) is 6.15. The fraction of sp³-hybridized carbons (Fsp3) is 0.370. The summed E-state index contributed by atoms with van der Waals surface area (Å²) in [5.41, 5.74) is 3.10. The number of nitrogens with zero attached hydrogens (tertiary/aromatic N) is 3. The second kappa shape index (κ2) is 11.3. The number of carbonyl (C=O) groups is 2. The van der Waals surface area contributed by atoms with Gasteiger partial charge in [-0.15, -0.1) is 0 Å². The van der Waals surface area contributed by atoms with Crippen LogP contribution in [0.1, 0.15) is 52.5 Å². The highest BCUT2D eigenvalue weighted by molar-refractivity contribution is 5.91. The van der Waals surface area contributed by atoms with E-state index < -0.39 is 0 Å². The summed E-state index contributed by atoms with van der Waals surface area (Å²) in [6.07, 6.45) is 2.43. The number of fused-ring (bicyclic) bond motifs is 1. The van der Waals surface area contributed by atoms with E-state index in [4.69, 9.17) is 9.15 Å². The standard InChI is InChI=1S/C27H31FN4O4/c1-4-25(33)32-13-11-18-7-10-21(15-22(18)26(32)19-5-8-20(28)9-6-19)35-17-24-30-23(16-36-24)27(34)29-12-14-31(2)3/h5-10,15-16,26H,4,11-14,17H2,1-3H3,(H,29,34). The van der Waals surface area contributed by atoms with Crippen LogP contribution in [-0.4, -0.2) is 60.3 Å². The Morgan fingerprint density at radius 2 is 2.00 bits per heavy atom. The van der Waals surface area contributed by atoms with Gasteiger partial charge in [-0.2, -0.15) is 0 Å². The Morgan fingerprint density at radius 1 is 1.22 bits per heavy atom. The molecular formula is C27H31FN4O4. The number of hydrogen-bond acceptors (Lipinski definition) is 6. The van der Waals surface area contributed by atoms with Crippen molar-refractivity contribution in [3.63, 3.8) is 0 Å². The van der Waals surface area contributed by atoms with Crippen LogP contribution in [0, 0.1) is 5.82 Å². The Morgan fingerprint density at radius 3 is 2.72 bits per heavy atom. The molecule has 1 aliphatic heterocycles. The molecule has 1 unspecified atom stereocenters. The van der Waals surface area contributed by atoms with E-state index in [9.17, 15) is 14.0 Å². The third kappa shape index (κ3) is 5.91. The van der Waals surface area contributed by atoms with Gasteiger partial charge < -0.3 is 24.3 Å². The van der Waals surface area contributed by atoms with Crippen LogP contribution >= 0.6 is 0 Å². The van der Waals surface area contributed by atoms with Crippen molar-refractivity contribution in [3.8, 4) is 5.75 Å². The number of nitrogens with one attached hydrogen (secondary N) is 1. The first-order valence-corrected chi connectivity index (χ1v) is 12.0. The van der Waals surface area contributed by atoms with Gasteiger partial charge in [0.15, 0.2) is 12.3 Å². The molecule has 1 aromatic heterocycles. The predicted octanol–water partition coefficient (Wildman–Crippen LogP) is 3.57. The van der Waals surface area contributed by atoms with Crippen LogP contribution in [0.4, 0.5) is 4.39 Å². The highest BCUT2D eigenvalue weighted by atomic mass is 19.1. The van der Waals surface area contributed by atoms with Crippen molar-refractivity contribution in [2.45, 2.75) is 32.4 Å². The van der Waals surface area contributed by atoms with E-state index >= 15 is 0 Å². The molecule has 0 saturated carbocycles. The first-order chi connectivity index (χ1) is 17.4. The van der Waals surface area contributed by atoms with Gasteiger partial charge in [-0.1, -0.05) is 25.1 Å². The molecule has 190 valence electrons. The number of benzene rings is 2. The topological polar surface area (TPSA) is 87.9 Å². The number of oxazole rings is 1. The molecular weight excluding hydrogens is 463 g/mol. The van der Waals surface area contributed by atoms with Crippen molar-refractivity contribution in [1.82, 2.24) is 20.1 Å². The molecule has 0 bridgehead atoms. The number of halogens is 1. The monoisotopic (exact) mass is 494 g/mol. The van der Waals surface area contributed by atoms with Crippen LogP contribution in [0.3, 0.4) is 0 Å². The van der Waals surface area contributed by atoms with Gasteiger partial charge in [0, 0.05) is 26.1 Å². The van der Waals surface area contributed by atoms with Crippen LogP contribution < -0.4 is 10.1 Å². The highest BCUT2D eigenvalue weighted by Gasteiger charge is 2.31. The smallest absolute Gasteiger partial charge is 0.273 e. The van der Waals surface area contributed by atoms with Gasteiger partial charge in [-0.25, -0.2) is 9.37 Å². The molecule has 2 heterocycles. The van der Waals surface area contributed by atoms with Crippen molar-refractivity contribution < 1.29 is 23.1 Å². The average molecular weight is 495 g/mol. The molecule has 3 aromatic rings. The number of ether oxygens (including phenoxy) is 1. The summed E-state index contributed by atoms with van der Waals surface area (Å²) in [6, 6.07) is 11.7. The SMILES string of the molecule is CCC(=O)N1CCc2ccc(OCc3nc(C(=O)NCCN(C)C)co3)cc2C1c1ccc(F)cc1. The summed E-state index contributed by atoms with van der Waals surface area (Å²) >= 11 is 0. The molecule has 0 radical (unpaired) electrons. The summed E-state index contributed by atoms with van der Waals surface area (Å²) in [5.74, 6) is 0.281. The lowest BCUT2D eigenvalue weighted by Crippen LogP contribution is -2.40. The molecule has 36 heavy (non-hydrogen) atoms. The Labute approximate surface area is 210 Å². The zero-order chi connectivity index (χ0) is 25.7. The summed E-state index contributed by atoms with van der Waals surface area (Å²) in [7, 11) is 3.86.